The predicted molar refractivity (Wildman–Crippen MR) is 27.9 cm³/mol. The summed E-state index contributed by atoms with van der Waals surface area (Å²) in [5, 5.41) is 1.61. The summed E-state index contributed by atoms with van der Waals surface area (Å²) in [5.74, 6) is 0. The predicted octanol–water partition coefficient (Wildman–Crippen LogP) is -1.40. The molecule has 0 fully saturated rings. The van der Waals surface area contributed by atoms with Crippen LogP contribution < -0.4 is 4.40 Å². The van der Waals surface area contributed by atoms with Gasteiger partial charge >= 0.3 is 0 Å². The second-order valence-corrected chi connectivity index (χ2v) is 2.36. The van der Waals surface area contributed by atoms with Crippen LogP contribution in [-0.4, -0.2) is 10.4 Å². The molecule has 2 nitrogen and oxygen atoms in total. The molecule has 7 heavy (non-hydrogen) atoms. The zero-order chi connectivity index (χ0) is 5.28. The van der Waals surface area contributed by atoms with Gasteiger partial charge in [0.15, 0.2) is 0 Å². The first-order chi connectivity index (χ1) is 3.29. The second-order valence-electron chi connectivity index (χ2n) is 1.33. The maximum atomic E-state index is 10.3. The van der Waals surface area contributed by atoms with Crippen molar-refractivity contribution in [1.29, 1.82) is 0 Å². The minimum Gasteiger partial charge on any atom is -0.250 e. The van der Waals surface area contributed by atoms with Crippen molar-refractivity contribution in [2.45, 2.75) is 6.92 Å². The highest BCUT2D eigenvalue weighted by molar-refractivity contribution is 7.81. The third-order valence-electron chi connectivity index (χ3n) is 0.633. The molecule has 3 heteroatoms. The summed E-state index contributed by atoms with van der Waals surface area (Å²) in [7, 11) is -0.976. The van der Waals surface area contributed by atoms with Gasteiger partial charge in [0.05, 0.1) is 6.21 Å². The van der Waals surface area contributed by atoms with E-state index in [9.17, 15) is 4.21 Å². The van der Waals surface area contributed by atoms with E-state index in [1.165, 1.54) is 0 Å². The first kappa shape index (κ1) is 4.71. The van der Waals surface area contributed by atoms with E-state index in [-0.39, 0.29) is 0 Å². The third-order valence-corrected chi connectivity index (χ3v) is 1.50. The Balaban J connectivity index is 2.88. The lowest BCUT2D eigenvalue weighted by Crippen LogP contribution is -2.66. The Hall–Kier alpha value is -0.440. The quantitative estimate of drug-likeness (QED) is 0.387. The number of hydrogen-bond donors (Lipinski definition) is 1. The highest BCUT2D eigenvalue weighted by Gasteiger charge is 1.92. The van der Waals surface area contributed by atoms with E-state index >= 15 is 0 Å². The fourth-order valence-corrected chi connectivity index (χ4v) is 1.05. The third kappa shape index (κ3) is 0.962. The van der Waals surface area contributed by atoms with Crippen molar-refractivity contribution in [2.24, 2.45) is 0 Å². The van der Waals surface area contributed by atoms with E-state index in [1.54, 1.807) is 5.41 Å². The van der Waals surface area contributed by atoms with Gasteiger partial charge in [0.25, 0.3) is 0 Å². The van der Waals surface area contributed by atoms with Crippen LogP contribution in [0.5, 0.6) is 0 Å². The van der Waals surface area contributed by atoms with Gasteiger partial charge in [-0.05, 0) is 0 Å². The van der Waals surface area contributed by atoms with Gasteiger partial charge < -0.3 is 0 Å². The lowest BCUT2D eigenvalue weighted by Gasteiger charge is -1.75. The number of allylic oxidation sites excluding steroid dienone is 1. The molecular formula is C4H5NOS. The summed E-state index contributed by atoms with van der Waals surface area (Å²) >= 11 is 0. The Labute approximate surface area is 44.5 Å². The van der Waals surface area contributed by atoms with Crippen LogP contribution in [0.15, 0.2) is 11.0 Å². The van der Waals surface area contributed by atoms with Crippen LogP contribution in [0.25, 0.3) is 0 Å². The summed E-state index contributed by atoms with van der Waals surface area (Å²) in [5.41, 5.74) is 0.915. The average Bonchev–Trinajstić information content (AvgIpc) is 1.87. The average molecular weight is 115 g/mol. The first-order valence-electron chi connectivity index (χ1n) is 1.90. The van der Waals surface area contributed by atoms with E-state index in [0.29, 0.717) is 0 Å². The molecule has 1 aliphatic heterocycles. The summed E-state index contributed by atoms with van der Waals surface area (Å²) in [4.78, 5) is 0. The van der Waals surface area contributed by atoms with Gasteiger partial charge in [-0.15, -0.1) is 5.57 Å². The number of rotatable bonds is 0. The summed E-state index contributed by atoms with van der Waals surface area (Å²) in [6.45, 7) is 1.85. The molecule has 0 saturated carbocycles. The monoisotopic (exact) mass is 115 g/mol. The van der Waals surface area contributed by atoms with Gasteiger partial charge in [0.1, 0.15) is 0 Å². The molecule has 1 N–H and O–H groups in total. The zero-order valence-corrected chi connectivity index (χ0v) is 4.71. The molecule has 0 aromatic rings. The molecule has 1 unspecified atom stereocenters. The van der Waals surface area contributed by atoms with E-state index in [4.69, 9.17) is 0 Å². The molecule has 1 aliphatic rings. The zero-order valence-electron chi connectivity index (χ0n) is 3.89. The minimum absolute atomic E-state index is 0.915. The molecule has 0 aromatic carbocycles. The minimum atomic E-state index is -0.976. The van der Waals surface area contributed by atoms with Crippen LogP contribution in [0.1, 0.15) is 6.92 Å². The molecular weight excluding hydrogens is 110 g/mol. The van der Waals surface area contributed by atoms with E-state index in [1.807, 2.05) is 6.92 Å². The van der Waals surface area contributed by atoms with Crippen molar-refractivity contribution in [3.05, 3.63) is 11.0 Å². The van der Waals surface area contributed by atoms with Crippen molar-refractivity contribution in [3.63, 3.8) is 0 Å². The molecule has 0 amide bonds. The van der Waals surface area contributed by atoms with Gasteiger partial charge in [-0.25, -0.2) is 8.61 Å². The molecule has 38 valence electrons. The van der Waals surface area contributed by atoms with Crippen molar-refractivity contribution in [2.75, 3.05) is 0 Å². The van der Waals surface area contributed by atoms with E-state index in [2.05, 4.69) is 10.6 Å². The fourth-order valence-electron chi connectivity index (χ4n) is 0.350. The number of nitrogens with one attached hydrogen (secondary N) is 1. The highest BCUT2D eigenvalue weighted by Crippen LogP contribution is 1.86. The van der Waals surface area contributed by atoms with E-state index < -0.39 is 11.0 Å². The van der Waals surface area contributed by atoms with Crippen LogP contribution in [0.3, 0.4) is 0 Å². The second kappa shape index (κ2) is 1.58. The van der Waals surface area contributed by atoms with Crippen molar-refractivity contribution in [3.8, 4) is 0 Å². The Morgan fingerprint density at radius 3 is 2.86 bits per heavy atom. The van der Waals surface area contributed by atoms with Crippen molar-refractivity contribution in [1.82, 2.24) is 0 Å². The molecule has 0 aromatic heterocycles. The van der Waals surface area contributed by atoms with Gasteiger partial charge in [0.2, 0.25) is 11.0 Å². The fraction of sp³-hybridized carbons (Fsp3) is 0.250. The van der Waals surface area contributed by atoms with Gasteiger partial charge in [-0.1, -0.05) is 12.3 Å². The SMILES string of the molecule is CC1=CS(=O)[NH+]=[C-]1. The van der Waals surface area contributed by atoms with Crippen LogP contribution in [0.2, 0.25) is 0 Å². The standard InChI is InChI=1S/C4H5NOS/c1-4-2-5-7(6)3-4/h3,5H,1H3. The Kier molecular flexibility index (Phi) is 1.06. The summed E-state index contributed by atoms with van der Waals surface area (Å²) in [6.07, 6.45) is 2.68. The first-order valence-corrected chi connectivity index (χ1v) is 3.11. The largest absolute Gasteiger partial charge is 0.250 e. The summed E-state index contributed by atoms with van der Waals surface area (Å²) in [6, 6.07) is 0. The molecule has 1 heterocycles. The maximum absolute atomic E-state index is 10.3. The van der Waals surface area contributed by atoms with Gasteiger partial charge in [-0.3, -0.25) is 0 Å². The Bertz CT molecular complexity index is 159. The molecule has 1 atom stereocenters. The van der Waals surface area contributed by atoms with Crippen LogP contribution in [0.4, 0.5) is 0 Å². The van der Waals surface area contributed by atoms with Crippen molar-refractivity contribution < 1.29 is 8.61 Å². The van der Waals surface area contributed by atoms with Crippen molar-refractivity contribution >= 4 is 17.2 Å². The van der Waals surface area contributed by atoms with E-state index in [0.717, 1.165) is 5.57 Å². The Morgan fingerprint density at radius 1 is 2.00 bits per heavy atom. The molecule has 0 radical (unpaired) electrons. The number of hydrogen-bond acceptors (Lipinski definition) is 1. The topological polar surface area (TPSA) is 31.0 Å². The molecule has 0 saturated heterocycles. The Morgan fingerprint density at radius 2 is 2.71 bits per heavy atom. The van der Waals surface area contributed by atoms with Gasteiger partial charge in [-0.2, -0.15) is 0 Å². The lowest BCUT2D eigenvalue weighted by molar-refractivity contribution is -0.245. The molecule has 0 bridgehead atoms. The van der Waals surface area contributed by atoms with Gasteiger partial charge in [0, 0.05) is 0 Å². The normalized spacial score (nSPS) is 28.1. The van der Waals surface area contributed by atoms with Crippen LogP contribution in [0, 0.1) is 0 Å². The van der Waals surface area contributed by atoms with Crippen LogP contribution in [-0.2, 0) is 11.0 Å². The summed E-state index contributed by atoms with van der Waals surface area (Å²) < 4.78 is 12.8. The molecule has 0 spiro atoms. The van der Waals surface area contributed by atoms with Crippen LogP contribution >= 0.6 is 0 Å². The molecule has 0 aliphatic carbocycles. The molecule has 1 rings (SSSR count). The smallest absolute Gasteiger partial charge is 0.207 e. The maximum Gasteiger partial charge on any atom is 0.207 e. The highest BCUT2D eigenvalue weighted by atomic mass is 32.2. The lowest BCUT2D eigenvalue weighted by atomic mass is 10.4.